The van der Waals surface area contributed by atoms with Crippen LogP contribution in [0.15, 0.2) is 12.1 Å². The van der Waals surface area contributed by atoms with Gasteiger partial charge in [-0.05, 0) is 44.0 Å². The summed E-state index contributed by atoms with van der Waals surface area (Å²) < 4.78 is 10.6. The molecule has 0 unspecified atom stereocenters. The maximum atomic E-state index is 12.1. The van der Waals surface area contributed by atoms with Crippen molar-refractivity contribution >= 4 is 23.6 Å². The van der Waals surface area contributed by atoms with E-state index in [0.717, 1.165) is 11.1 Å². The maximum absolute atomic E-state index is 12.1. The molecule has 0 radical (unpaired) electrons. The molecule has 0 aliphatic rings. The number of carbonyl (C=O) groups is 2. The lowest BCUT2D eigenvalue weighted by Gasteiger charge is -2.18. The first-order chi connectivity index (χ1) is 11.8. The number of hydrogen-bond acceptors (Lipinski definition) is 5. The number of nitrogens with zero attached hydrogens (tertiary/aromatic N) is 1. The van der Waals surface area contributed by atoms with Gasteiger partial charge in [0.2, 0.25) is 11.8 Å². The van der Waals surface area contributed by atoms with E-state index < -0.39 is 0 Å². The monoisotopic (exact) mass is 368 g/mol. The molecule has 0 aliphatic heterocycles. The molecular formula is C18H28N2O4S. The van der Waals surface area contributed by atoms with E-state index >= 15 is 0 Å². The lowest BCUT2D eigenvalue weighted by atomic mass is 10.1. The number of likely N-dealkylation sites (N-methyl/N-ethyl adjacent to an activating group) is 1. The van der Waals surface area contributed by atoms with E-state index in [1.165, 1.54) is 16.7 Å². The number of nitrogens with one attached hydrogen (secondary N) is 1. The van der Waals surface area contributed by atoms with Crippen molar-refractivity contribution in [2.45, 2.75) is 32.6 Å². The summed E-state index contributed by atoms with van der Waals surface area (Å²) in [7, 11) is 4.85. The Morgan fingerprint density at radius 2 is 1.80 bits per heavy atom. The number of hydrogen-bond donors (Lipinski definition) is 1. The Morgan fingerprint density at radius 1 is 1.20 bits per heavy atom. The number of thioether (sulfide) groups is 1. The highest BCUT2D eigenvalue weighted by Gasteiger charge is 2.14. The van der Waals surface area contributed by atoms with Gasteiger partial charge in [-0.1, -0.05) is 0 Å². The fourth-order valence-electron chi connectivity index (χ4n) is 2.21. The van der Waals surface area contributed by atoms with Gasteiger partial charge in [0.15, 0.2) is 11.5 Å². The van der Waals surface area contributed by atoms with Crippen molar-refractivity contribution in [1.29, 1.82) is 0 Å². The van der Waals surface area contributed by atoms with Gasteiger partial charge in [-0.2, -0.15) is 0 Å². The van der Waals surface area contributed by atoms with Crippen LogP contribution in [0.5, 0.6) is 11.5 Å². The van der Waals surface area contributed by atoms with Crippen molar-refractivity contribution in [3.63, 3.8) is 0 Å². The van der Waals surface area contributed by atoms with Gasteiger partial charge in [-0.25, -0.2) is 0 Å². The minimum absolute atomic E-state index is 0.0676. The Hall–Kier alpha value is -1.89. The molecule has 0 bridgehead atoms. The smallest absolute Gasteiger partial charge is 0.239 e. The highest BCUT2D eigenvalue weighted by Crippen LogP contribution is 2.31. The SMILES string of the molecule is COc1cc(C)c(CSCC(=O)N(C)CC(=O)NC(C)C)cc1OC. The predicted octanol–water partition coefficient (Wildman–Crippen LogP) is 2.23. The van der Waals surface area contributed by atoms with Crippen molar-refractivity contribution < 1.29 is 19.1 Å². The number of rotatable bonds is 9. The Bertz CT molecular complexity index is 605. The Kier molecular flexibility index (Phi) is 8.61. The van der Waals surface area contributed by atoms with Gasteiger partial charge in [0.25, 0.3) is 0 Å². The van der Waals surface area contributed by atoms with E-state index in [-0.39, 0.29) is 24.4 Å². The molecule has 1 aromatic carbocycles. The normalized spacial score (nSPS) is 10.5. The van der Waals surface area contributed by atoms with E-state index in [1.807, 2.05) is 32.9 Å². The van der Waals surface area contributed by atoms with Crippen LogP contribution in [0.2, 0.25) is 0 Å². The van der Waals surface area contributed by atoms with Crippen molar-refractivity contribution in [2.75, 3.05) is 33.6 Å². The molecule has 7 heteroatoms. The van der Waals surface area contributed by atoms with Gasteiger partial charge in [-0.15, -0.1) is 11.8 Å². The molecule has 0 aliphatic carbocycles. The molecule has 1 aromatic rings. The van der Waals surface area contributed by atoms with Gasteiger partial charge < -0.3 is 19.7 Å². The van der Waals surface area contributed by atoms with Gasteiger partial charge in [-0.3, -0.25) is 9.59 Å². The van der Waals surface area contributed by atoms with Crippen LogP contribution in [0.4, 0.5) is 0 Å². The van der Waals surface area contributed by atoms with Crippen LogP contribution < -0.4 is 14.8 Å². The molecule has 0 saturated carbocycles. The molecule has 1 rings (SSSR count). The molecule has 0 aromatic heterocycles. The lowest BCUT2D eigenvalue weighted by molar-refractivity contribution is -0.132. The first-order valence-electron chi connectivity index (χ1n) is 8.11. The van der Waals surface area contributed by atoms with E-state index in [0.29, 0.717) is 23.0 Å². The van der Waals surface area contributed by atoms with Gasteiger partial charge in [0, 0.05) is 18.8 Å². The first kappa shape index (κ1) is 21.2. The summed E-state index contributed by atoms with van der Waals surface area (Å²) in [6.07, 6.45) is 0. The van der Waals surface area contributed by atoms with Crippen molar-refractivity contribution in [3.05, 3.63) is 23.3 Å². The van der Waals surface area contributed by atoms with Gasteiger partial charge in [0.1, 0.15) is 0 Å². The minimum atomic E-state index is -0.147. The lowest BCUT2D eigenvalue weighted by Crippen LogP contribution is -2.41. The zero-order valence-corrected chi connectivity index (χ0v) is 16.7. The molecule has 1 N–H and O–H groups in total. The third-order valence-electron chi connectivity index (χ3n) is 3.58. The summed E-state index contributed by atoms with van der Waals surface area (Å²) in [5, 5.41) is 2.78. The number of aryl methyl sites for hydroxylation is 1. The molecule has 0 spiro atoms. The number of carbonyl (C=O) groups excluding carboxylic acids is 2. The molecule has 0 atom stereocenters. The van der Waals surface area contributed by atoms with Crippen LogP contribution in [0.1, 0.15) is 25.0 Å². The standard InChI is InChI=1S/C18H28N2O4S/c1-12(2)19-17(21)9-20(4)18(22)11-25-10-14-8-16(24-6)15(23-5)7-13(14)3/h7-8,12H,9-11H2,1-6H3,(H,19,21). The van der Waals surface area contributed by atoms with Gasteiger partial charge in [0.05, 0.1) is 26.5 Å². The van der Waals surface area contributed by atoms with Crippen LogP contribution in [0, 0.1) is 6.92 Å². The molecular weight excluding hydrogens is 340 g/mol. The number of ether oxygens (including phenoxy) is 2. The number of methoxy groups -OCH3 is 2. The zero-order chi connectivity index (χ0) is 19.0. The topological polar surface area (TPSA) is 67.9 Å². The molecule has 25 heavy (non-hydrogen) atoms. The predicted molar refractivity (Wildman–Crippen MR) is 101 cm³/mol. The molecule has 2 amide bonds. The molecule has 0 fully saturated rings. The zero-order valence-electron chi connectivity index (χ0n) is 15.8. The van der Waals surface area contributed by atoms with Crippen LogP contribution >= 0.6 is 11.8 Å². The van der Waals surface area contributed by atoms with E-state index in [2.05, 4.69) is 5.32 Å². The summed E-state index contributed by atoms with van der Waals surface area (Å²) in [4.78, 5) is 25.3. The van der Waals surface area contributed by atoms with E-state index in [4.69, 9.17) is 9.47 Å². The highest BCUT2D eigenvalue weighted by atomic mass is 32.2. The molecule has 140 valence electrons. The fourth-order valence-corrected chi connectivity index (χ4v) is 3.24. The third kappa shape index (κ3) is 6.86. The average Bonchev–Trinajstić information content (AvgIpc) is 2.54. The average molecular weight is 368 g/mol. The summed E-state index contributed by atoms with van der Waals surface area (Å²) in [5.74, 6) is 2.16. The van der Waals surface area contributed by atoms with E-state index in [1.54, 1.807) is 21.3 Å². The second kappa shape index (κ2) is 10.2. The summed E-state index contributed by atoms with van der Waals surface area (Å²) in [6.45, 7) is 5.86. The van der Waals surface area contributed by atoms with Crippen molar-refractivity contribution in [3.8, 4) is 11.5 Å². The van der Waals surface area contributed by atoms with Crippen LogP contribution in [-0.2, 0) is 15.3 Å². The maximum Gasteiger partial charge on any atom is 0.239 e. The quantitative estimate of drug-likeness (QED) is 0.724. The van der Waals surface area contributed by atoms with Gasteiger partial charge >= 0.3 is 0 Å². The third-order valence-corrected chi connectivity index (χ3v) is 4.55. The number of amides is 2. The van der Waals surface area contributed by atoms with Crippen LogP contribution in [0.25, 0.3) is 0 Å². The summed E-state index contributed by atoms with van der Waals surface area (Å²) in [6, 6.07) is 3.93. The molecule has 0 heterocycles. The van der Waals surface area contributed by atoms with E-state index in [9.17, 15) is 9.59 Å². The fraction of sp³-hybridized carbons (Fsp3) is 0.556. The summed E-state index contributed by atoms with van der Waals surface area (Å²) >= 11 is 1.51. The Labute approximate surface area is 154 Å². The van der Waals surface area contributed by atoms with Crippen LogP contribution in [-0.4, -0.2) is 56.3 Å². The van der Waals surface area contributed by atoms with Crippen molar-refractivity contribution in [1.82, 2.24) is 10.2 Å². The largest absolute Gasteiger partial charge is 0.493 e. The minimum Gasteiger partial charge on any atom is -0.493 e. The second-order valence-electron chi connectivity index (χ2n) is 6.10. The Morgan fingerprint density at radius 3 is 2.36 bits per heavy atom. The molecule has 0 saturated heterocycles. The Balaban J connectivity index is 2.54. The van der Waals surface area contributed by atoms with Crippen LogP contribution in [0.3, 0.4) is 0 Å². The van der Waals surface area contributed by atoms with Crippen molar-refractivity contribution in [2.24, 2.45) is 0 Å². The highest BCUT2D eigenvalue weighted by molar-refractivity contribution is 7.99. The number of benzene rings is 1. The molecule has 6 nitrogen and oxygen atoms in total. The summed E-state index contributed by atoms with van der Waals surface area (Å²) in [5.41, 5.74) is 2.18. The first-order valence-corrected chi connectivity index (χ1v) is 9.26. The second-order valence-corrected chi connectivity index (χ2v) is 7.08.